The first-order valence-corrected chi connectivity index (χ1v) is 12.3. The van der Waals surface area contributed by atoms with E-state index in [1.54, 1.807) is 24.3 Å². The lowest BCUT2D eigenvalue weighted by Gasteiger charge is -2.13. The lowest BCUT2D eigenvalue weighted by Crippen LogP contribution is -2.33. The molecule has 1 aromatic carbocycles. The van der Waals surface area contributed by atoms with Crippen molar-refractivity contribution in [2.45, 2.75) is 19.3 Å². The molecule has 3 amide bonds. The van der Waals surface area contributed by atoms with Crippen LogP contribution < -0.4 is 5.32 Å². The van der Waals surface area contributed by atoms with E-state index in [9.17, 15) is 19.2 Å². The highest BCUT2D eigenvalue weighted by molar-refractivity contribution is 6.21. The lowest BCUT2D eigenvalue weighted by atomic mass is 10.1. The molecule has 0 fully saturated rings. The number of hydrogen-bond acceptors (Lipinski definition) is 9. The molecule has 1 aliphatic heterocycles. The average Bonchev–Trinajstić information content (AvgIpc) is 3.13. The fraction of sp³-hybridized carbons (Fsp3) is 0.600. The molecule has 2 rings (SSSR count). The summed E-state index contributed by atoms with van der Waals surface area (Å²) in [6.45, 7) is 4.67. The van der Waals surface area contributed by atoms with Crippen LogP contribution in [0, 0.1) is 0 Å². The van der Waals surface area contributed by atoms with E-state index in [4.69, 9.17) is 28.8 Å². The molecule has 1 aliphatic rings. The minimum absolute atomic E-state index is 0.0178. The number of nitrogens with one attached hydrogen (secondary N) is 1. The molecule has 206 valence electrons. The van der Waals surface area contributed by atoms with Gasteiger partial charge in [-0.15, -0.1) is 0 Å². The second kappa shape index (κ2) is 18.4. The van der Waals surface area contributed by atoms with Crippen LogP contribution >= 0.6 is 0 Å². The number of carbonyl (C=O) groups excluding carboxylic acids is 3. The van der Waals surface area contributed by atoms with Crippen LogP contribution in [0.2, 0.25) is 0 Å². The van der Waals surface area contributed by atoms with Gasteiger partial charge < -0.3 is 34.1 Å². The Bertz CT molecular complexity index is 829. The monoisotopic (exact) mass is 524 g/mol. The summed E-state index contributed by atoms with van der Waals surface area (Å²) < 4.78 is 27.1. The molecule has 2 N–H and O–H groups in total. The molecular weight excluding hydrogens is 488 g/mol. The summed E-state index contributed by atoms with van der Waals surface area (Å²) in [7, 11) is 0. The van der Waals surface area contributed by atoms with Crippen molar-refractivity contribution in [2.24, 2.45) is 0 Å². The van der Waals surface area contributed by atoms with Gasteiger partial charge in [-0.1, -0.05) is 12.1 Å². The first-order valence-electron chi connectivity index (χ1n) is 12.3. The van der Waals surface area contributed by atoms with Crippen molar-refractivity contribution in [3.63, 3.8) is 0 Å². The summed E-state index contributed by atoms with van der Waals surface area (Å²) in [5.74, 6) is -1.84. The molecule has 37 heavy (non-hydrogen) atoms. The molecule has 0 aliphatic carbocycles. The third kappa shape index (κ3) is 12.3. The normalized spacial score (nSPS) is 12.7. The molecule has 12 nitrogen and oxygen atoms in total. The van der Waals surface area contributed by atoms with E-state index in [1.807, 2.05) is 0 Å². The van der Waals surface area contributed by atoms with E-state index in [0.29, 0.717) is 83.6 Å². The summed E-state index contributed by atoms with van der Waals surface area (Å²) in [5.41, 5.74) is 0.864. The maximum absolute atomic E-state index is 12.2. The number of nitrogens with zero attached hydrogens (tertiary/aromatic N) is 1. The molecule has 0 spiro atoms. The molecule has 1 heterocycles. The van der Waals surface area contributed by atoms with Crippen molar-refractivity contribution in [2.75, 3.05) is 79.2 Å². The fourth-order valence-corrected chi connectivity index (χ4v) is 3.29. The van der Waals surface area contributed by atoms with Crippen LogP contribution in [-0.2, 0) is 33.3 Å². The van der Waals surface area contributed by atoms with Gasteiger partial charge in [-0.2, -0.15) is 0 Å². The van der Waals surface area contributed by atoms with E-state index in [-0.39, 0.29) is 43.7 Å². The van der Waals surface area contributed by atoms with Gasteiger partial charge in [-0.25, -0.2) is 0 Å². The zero-order valence-corrected chi connectivity index (χ0v) is 21.0. The molecule has 0 atom stereocenters. The van der Waals surface area contributed by atoms with Crippen molar-refractivity contribution >= 4 is 23.7 Å². The van der Waals surface area contributed by atoms with Crippen molar-refractivity contribution in [3.05, 3.63) is 35.4 Å². The van der Waals surface area contributed by atoms with Crippen molar-refractivity contribution in [1.82, 2.24) is 10.2 Å². The average molecular weight is 525 g/mol. The Balaban J connectivity index is 1.28. The summed E-state index contributed by atoms with van der Waals surface area (Å²) >= 11 is 0. The third-order valence-corrected chi connectivity index (χ3v) is 5.18. The van der Waals surface area contributed by atoms with Gasteiger partial charge in [-0.05, 0) is 18.6 Å². The number of carbonyl (C=O) groups is 4. The van der Waals surface area contributed by atoms with Gasteiger partial charge in [-0.3, -0.25) is 24.1 Å². The minimum atomic E-state index is -0.990. The molecule has 0 unspecified atom stereocenters. The highest BCUT2D eigenvalue weighted by Crippen LogP contribution is 2.21. The van der Waals surface area contributed by atoms with Gasteiger partial charge in [0.1, 0.15) is 0 Å². The van der Waals surface area contributed by atoms with E-state index < -0.39 is 5.97 Å². The van der Waals surface area contributed by atoms with Crippen LogP contribution in [0.4, 0.5) is 0 Å². The first kappa shape index (κ1) is 30.3. The Morgan fingerprint density at radius 3 is 1.65 bits per heavy atom. The van der Waals surface area contributed by atoms with Gasteiger partial charge in [0.15, 0.2) is 0 Å². The topological polar surface area (TPSA) is 150 Å². The molecule has 0 bridgehead atoms. The van der Waals surface area contributed by atoms with E-state index in [0.717, 1.165) is 0 Å². The Hall–Kier alpha value is -2.90. The molecule has 0 saturated carbocycles. The Labute approximate surface area is 216 Å². The SMILES string of the molecule is O=C(O)CCC(=O)NCCCOCCOCCOCCOCCOCCN1C(=O)c2ccccc2C1=O. The number of carboxylic acids is 1. The Morgan fingerprint density at radius 2 is 1.16 bits per heavy atom. The van der Waals surface area contributed by atoms with Crippen LogP contribution in [0.15, 0.2) is 24.3 Å². The summed E-state index contributed by atoms with van der Waals surface area (Å²) in [5, 5.41) is 11.1. The zero-order valence-electron chi connectivity index (χ0n) is 21.0. The third-order valence-electron chi connectivity index (χ3n) is 5.18. The first-order chi connectivity index (χ1) is 18.0. The fourth-order valence-electron chi connectivity index (χ4n) is 3.29. The number of carboxylic acid groups (broad SMARTS) is 1. The Kier molecular flexibility index (Phi) is 15.0. The smallest absolute Gasteiger partial charge is 0.303 e. The molecular formula is C25H36N2O10. The number of hydrogen-bond donors (Lipinski definition) is 2. The number of benzene rings is 1. The number of imide groups is 1. The van der Waals surface area contributed by atoms with E-state index in [2.05, 4.69) is 5.32 Å². The van der Waals surface area contributed by atoms with Crippen LogP contribution in [0.25, 0.3) is 0 Å². The number of rotatable bonds is 22. The standard InChI is InChI=1S/C25H36N2O10/c28-22(6-7-23(29)30)26-8-3-10-33-12-14-35-16-18-37-19-17-36-15-13-34-11-9-27-24(31)20-4-1-2-5-21(20)25(27)32/h1-2,4-5H,3,6-19H2,(H,26,28)(H,29,30). The van der Waals surface area contributed by atoms with Crippen LogP contribution in [0.1, 0.15) is 40.0 Å². The highest BCUT2D eigenvalue weighted by atomic mass is 16.6. The largest absolute Gasteiger partial charge is 0.481 e. The Morgan fingerprint density at radius 1 is 0.703 bits per heavy atom. The second-order valence-electron chi connectivity index (χ2n) is 7.97. The maximum Gasteiger partial charge on any atom is 0.303 e. The summed E-state index contributed by atoms with van der Waals surface area (Å²) in [6.07, 6.45) is 0.451. The molecule has 12 heteroatoms. The lowest BCUT2D eigenvalue weighted by molar-refractivity contribution is -0.138. The maximum atomic E-state index is 12.2. The van der Waals surface area contributed by atoms with Gasteiger partial charge in [0.25, 0.3) is 11.8 Å². The van der Waals surface area contributed by atoms with Gasteiger partial charge >= 0.3 is 5.97 Å². The predicted molar refractivity (Wildman–Crippen MR) is 130 cm³/mol. The summed E-state index contributed by atoms with van der Waals surface area (Å²) in [4.78, 5) is 47.4. The van der Waals surface area contributed by atoms with E-state index >= 15 is 0 Å². The van der Waals surface area contributed by atoms with Gasteiger partial charge in [0, 0.05) is 19.6 Å². The van der Waals surface area contributed by atoms with Crippen molar-refractivity contribution in [1.29, 1.82) is 0 Å². The van der Waals surface area contributed by atoms with Crippen molar-refractivity contribution in [3.8, 4) is 0 Å². The number of amides is 3. The predicted octanol–water partition coefficient (Wildman–Crippen LogP) is 0.737. The molecule has 1 aromatic rings. The number of ether oxygens (including phenoxy) is 5. The number of fused-ring (bicyclic) bond motifs is 1. The molecule has 0 aromatic heterocycles. The van der Waals surface area contributed by atoms with Crippen molar-refractivity contribution < 1.29 is 48.0 Å². The molecule has 0 saturated heterocycles. The summed E-state index contributed by atoms with van der Waals surface area (Å²) in [6, 6.07) is 6.77. The zero-order chi connectivity index (χ0) is 26.7. The quantitative estimate of drug-likeness (QED) is 0.164. The van der Waals surface area contributed by atoms with Crippen LogP contribution in [0.5, 0.6) is 0 Å². The van der Waals surface area contributed by atoms with Crippen LogP contribution in [-0.4, -0.2) is 113 Å². The highest BCUT2D eigenvalue weighted by Gasteiger charge is 2.34. The number of aliphatic carboxylic acids is 1. The van der Waals surface area contributed by atoms with E-state index in [1.165, 1.54) is 4.90 Å². The molecule has 0 radical (unpaired) electrons. The van der Waals surface area contributed by atoms with Gasteiger partial charge in [0.2, 0.25) is 5.91 Å². The van der Waals surface area contributed by atoms with Crippen LogP contribution in [0.3, 0.4) is 0 Å². The van der Waals surface area contributed by atoms with Gasteiger partial charge in [0.05, 0.1) is 83.6 Å². The minimum Gasteiger partial charge on any atom is -0.481 e. The second-order valence-corrected chi connectivity index (χ2v) is 7.97.